The zero-order chi connectivity index (χ0) is 26.6. The minimum absolute atomic E-state index is 0.0749. The number of thioether (sulfide) groups is 1. The summed E-state index contributed by atoms with van der Waals surface area (Å²) in [7, 11) is 1.64. The summed E-state index contributed by atoms with van der Waals surface area (Å²) in [6.07, 6.45) is 0.438. The molecule has 196 valence electrons. The Hall–Kier alpha value is -2.96. The van der Waals surface area contributed by atoms with Crippen LogP contribution in [0.25, 0.3) is 0 Å². The van der Waals surface area contributed by atoms with Crippen LogP contribution in [0.2, 0.25) is 5.02 Å². The molecule has 0 aliphatic rings. The van der Waals surface area contributed by atoms with Crippen LogP contribution in [0.5, 0.6) is 5.75 Å². The standard InChI is InChI=1S/C30H35ClN2O3S/c1-22(2)18-32-30(35)28(17-23-7-5-4-6-8-23)33(19-24-9-13-26(31)14-10-24)29(34)21-37-20-25-11-15-27(36-3)16-12-25/h4-16,22,28H,17-21H2,1-3H3,(H,32,35)/t28-/m1/s1. The highest BCUT2D eigenvalue weighted by Crippen LogP contribution is 2.20. The number of amides is 2. The molecule has 0 heterocycles. The van der Waals surface area contributed by atoms with E-state index in [0.717, 1.165) is 22.4 Å². The number of ether oxygens (including phenoxy) is 1. The third-order valence-corrected chi connectivity index (χ3v) is 7.12. The van der Waals surface area contributed by atoms with E-state index in [0.29, 0.717) is 36.2 Å². The second-order valence-corrected chi connectivity index (χ2v) is 10.8. The van der Waals surface area contributed by atoms with Gasteiger partial charge >= 0.3 is 0 Å². The first kappa shape index (κ1) is 28.6. The first-order valence-electron chi connectivity index (χ1n) is 12.4. The summed E-state index contributed by atoms with van der Waals surface area (Å²) in [4.78, 5) is 28.8. The third-order valence-electron chi connectivity index (χ3n) is 5.88. The average Bonchev–Trinajstić information content (AvgIpc) is 2.91. The molecule has 0 unspecified atom stereocenters. The Labute approximate surface area is 229 Å². The van der Waals surface area contributed by atoms with Gasteiger partial charge in [-0.15, -0.1) is 11.8 Å². The van der Waals surface area contributed by atoms with E-state index in [1.165, 1.54) is 11.8 Å². The molecule has 2 amide bonds. The molecule has 0 fully saturated rings. The van der Waals surface area contributed by atoms with Crippen molar-refractivity contribution in [3.8, 4) is 5.75 Å². The molecule has 0 aliphatic carbocycles. The van der Waals surface area contributed by atoms with Gasteiger partial charge in [0.25, 0.3) is 0 Å². The Morgan fingerprint density at radius 1 is 0.919 bits per heavy atom. The summed E-state index contributed by atoms with van der Waals surface area (Å²) in [6.45, 7) is 4.99. The number of carbonyl (C=O) groups excluding carboxylic acids is 2. The predicted molar refractivity (Wildman–Crippen MR) is 153 cm³/mol. The van der Waals surface area contributed by atoms with Crippen molar-refractivity contribution in [2.75, 3.05) is 19.4 Å². The molecule has 5 nitrogen and oxygen atoms in total. The summed E-state index contributed by atoms with van der Waals surface area (Å²) in [5, 5.41) is 3.68. The highest BCUT2D eigenvalue weighted by Gasteiger charge is 2.30. The van der Waals surface area contributed by atoms with Crippen LogP contribution in [-0.4, -0.2) is 42.2 Å². The lowest BCUT2D eigenvalue weighted by molar-refractivity contribution is -0.139. The molecule has 37 heavy (non-hydrogen) atoms. The highest BCUT2D eigenvalue weighted by atomic mass is 35.5. The average molecular weight is 539 g/mol. The Bertz CT molecular complexity index is 1120. The maximum absolute atomic E-state index is 13.7. The van der Waals surface area contributed by atoms with E-state index >= 15 is 0 Å². The molecule has 0 spiro atoms. The largest absolute Gasteiger partial charge is 0.497 e. The fraction of sp³-hybridized carbons (Fsp3) is 0.333. The van der Waals surface area contributed by atoms with Crippen LogP contribution in [0.4, 0.5) is 0 Å². The molecule has 3 aromatic rings. The molecule has 0 saturated heterocycles. The van der Waals surface area contributed by atoms with Gasteiger partial charge in [-0.3, -0.25) is 9.59 Å². The molecule has 0 aromatic heterocycles. The van der Waals surface area contributed by atoms with Gasteiger partial charge in [0.15, 0.2) is 0 Å². The normalized spacial score (nSPS) is 11.7. The molecule has 3 aromatic carbocycles. The molecule has 0 bridgehead atoms. The Morgan fingerprint density at radius 3 is 2.19 bits per heavy atom. The van der Waals surface area contributed by atoms with E-state index in [9.17, 15) is 9.59 Å². The number of hydrogen-bond donors (Lipinski definition) is 1. The number of methoxy groups -OCH3 is 1. The summed E-state index contributed by atoms with van der Waals surface area (Å²) in [6, 6.07) is 24.5. The summed E-state index contributed by atoms with van der Waals surface area (Å²) in [5.74, 6) is 1.85. The van der Waals surface area contributed by atoms with Crippen molar-refractivity contribution in [2.24, 2.45) is 5.92 Å². The second-order valence-electron chi connectivity index (χ2n) is 9.33. The van der Waals surface area contributed by atoms with Crippen molar-refractivity contribution in [2.45, 2.75) is 38.6 Å². The van der Waals surface area contributed by atoms with Gasteiger partial charge in [-0.1, -0.05) is 80.0 Å². The van der Waals surface area contributed by atoms with Gasteiger partial charge < -0.3 is 15.0 Å². The number of carbonyl (C=O) groups is 2. The molecular weight excluding hydrogens is 504 g/mol. The van der Waals surface area contributed by atoms with Gasteiger partial charge in [-0.2, -0.15) is 0 Å². The van der Waals surface area contributed by atoms with Crippen molar-refractivity contribution in [3.05, 3.63) is 101 Å². The van der Waals surface area contributed by atoms with Crippen molar-refractivity contribution in [1.82, 2.24) is 10.2 Å². The fourth-order valence-electron chi connectivity index (χ4n) is 3.82. The zero-order valence-corrected chi connectivity index (χ0v) is 23.2. The molecule has 3 rings (SSSR count). The summed E-state index contributed by atoms with van der Waals surface area (Å²) >= 11 is 7.63. The quantitative estimate of drug-likeness (QED) is 0.290. The first-order valence-corrected chi connectivity index (χ1v) is 13.9. The van der Waals surface area contributed by atoms with Gasteiger partial charge in [0.1, 0.15) is 11.8 Å². The van der Waals surface area contributed by atoms with Gasteiger partial charge in [-0.25, -0.2) is 0 Å². The van der Waals surface area contributed by atoms with Crippen molar-refractivity contribution < 1.29 is 14.3 Å². The van der Waals surface area contributed by atoms with Crippen LogP contribution in [0.3, 0.4) is 0 Å². The molecular formula is C30H35ClN2O3S. The van der Waals surface area contributed by atoms with Gasteiger partial charge in [0, 0.05) is 30.3 Å². The Balaban J connectivity index is 1.81. The van der Waals surface area contributed by atoms with E-state index in [2.05, 4.69) is 19.2 Å². The fourth-order valence-corrected chi connectivity index (χ4v) is 4.82. The lowest BCUT2D eigenvalue weighted by Crippen LogP contribution is -2.51. The summed E-state index contributed by atoms with van der Waals surface area (Å²) < 4.78 is 5.23. The predicted octanol–water partition coefficient (Wildman–Crippen LogP) is 5.99. The van der Waals surface area contributed by atoms with Crippen LogP contribution in [-0.2, 0) is 28.3 Å². The smallest absolute Gasteiger partial charge is 0.243 e. The zero-order valence-electron chi connectivity index (χ0n) is 21.7. The van der Waals surface area contributed by atoms with Crippen LogP contribution in [0, 0.1) is 5.92 Å². The number of rotatable bonds is 13. The minimum Gasteiger partial charge on any atom is -0.497 e. The van der Waals surface area contributed by atoms with Gasteiger partial charge in [0.2, 0.25) is 11.8 Å². The Kier molecular flexibility index (Phi) is 11.4. The summed E-state index contributed by atoms with van der Waals surface area (Å²) in [5.41, 5.74) is 3.04. The van der Waals surface area contributed by atoms with Crippen molar-refractivity contribution in [1.29, 1.82) is 0 Å². The first-order chi connectivity index (χ1) is 17.9. The monoisotopic (exact) mass is 538 g/mol. The van der Waals surface area contributed by atoms with E-state index in [1.807, 2.05) is 78.9 Å². The highest BCUT2D eigenvalue weighted by molar-refractivity contribution is 7.99. The SMILES string of the molecule is COc1ccc(CSCC(=O)N(Cc2ccc(Cl)cc2)[C@H](Cc2ccccc2)C(=O)NCC(C)C)cc1. The Morgan fingerprint density at radius 2 is 1.57 bits per heavy atom. The number of nitrogens with zero attached hydrogens (tertiary/aromatic N) is 1. The topological polar surface area (TPSA) is 58.6 Å². The minimum atomic E-state index is -0.633. The number of nitrogens with one attached hydrogen (secondary N) is 1. The van der Waals surface area contributed by atoms with Crippen LogP contribution >= 0.6 is 23.4 Å². The maximum atomic E-state index is 13.7. The molecule has 0 saturated carbocycles. The van der Waals surface area contributed by atoms with E-state index in [1.54, 1.807) is 12.0 Å². The van der Waals surface area contributed by atoms with Gasteiger partial charge in [0.05, 0.1) is 12.9 Å². The van der Waals surface area contributed by atoms with Crippen molar-refractivity contribution >= 4 is 35.2 Å². The molecule has 1 N–H and O–H groups in total. The lowest BCUT2D eigenvalue weighted by atomic mass is 10.0. The van der Waals surface area contributed by atoms with Crippen LogP contribution in [0.15, 0.2) is 78.9 Å². The van der Waals surface area contributed by atoms with E-state index < -0.39 is 6.04 Å². The molecule has 1 atom stereocenters. The van der Waals surface area contributed by atoms with Crippen molar-refractivity contribution in [3.63, 3.8) is 0 Å². The number of hydrogen-bond acceptors (Lipinski definition) is 4. The van der Waals surface area contributed by atoms with Crippen LogP contribution in [0.1, 0.15) is 30.5 Å². The molecule has 0 aliphatic heterocycles. The molecule has 7 heteroatoms. The second kappa shape index (κ2) is 14.7. The van der Waals surface area contributed by atoms with Gasteiger partial charge in [-0.05, 0) is 46.9 Å². The maximum Gasteiger partial charge on any atom is 0.243 e. The van der Waals surface area contributed by atoms with E-state index in [4.69, 9.17) is 16.3 Å². The molecule has 0 radical (unpaired) electrons. The van der Waals surface area contributed by atoms with Crippen LogP contribution < -0.4 is 10.1 Å². The van der Waals surface area contributed by atoms with E-state index in [-0.39, 0.29) is 17.6 Å². The number of halogens is 1. The lowest BCUT2D eigenvalue weighted by Gasteiger charge is -2.32. The number of benzene rings is 3. The third kappa shape index (κ3) is 9.45.